The number of nitrogens with zero attached hydrogens (tertiary/aromatic N) is 2. The molecule has 2 aliphatic heterocycles. The van der Waals surface area contributed by atoms with Gasteiger partial charge in [0.2, 0.25) is 5.91 Å². The lowest BCUT2D eigenvalue weighted by Gasteiger charge is -2.51. The number of nitrogens with one attached hydrogen (secondary N) is 1. The number of ketones is 4. The second-order valence-corrected chi connectivity index (χ2v) is 19.2. The van der Waals surface area contributed by atoms with E-state index in [9.17, 15) is 32.8 Å². The highest BCUT2D eigenvalue weighted by Crippen LogP contribution is 2.48. The number of piperidine rings is 2. The third-order valence-electron chi connectivity index (χ3n) is 14.8. The van der Waals surface area contributed by atoms with Gasteiger partial charge in [0.1, 0.15) is 11.6 Å². The van der Waals surface area contributed by atoms with Crippen LogP contribution in [0.1, 0.15) is 103 Å². The monoisotopic (exact) mass is 943 g/mol. The van der Waals surface area contributed by atoms with Crippen molar-refractivity contribution in [2.24, 2.45) is 23.7 Å². The number of hydrogen-bond donors (Lipinski definition) is 1. The fourth-order valence-electron chi connectivity index (χ4n) is 11.1. The maximum atomic E-state index is 14.9. The van der Waals surface area contributed by atoms with Crippen molar-refractivity contribution in [2.45, 2.75) is 77.5 Å². The van der Waals surface area contributed by atoms with Crippen LogP contribution in [0.25, 0.3) is 0 Å². The van der Waals surface area contributed by atoms with Crippen LogP contribution in [0, 0.1) is 49.2 Å². The first-order valence-corrected chi connectivity index (χ1v) is 24.1. The molecule has 6 aromatic carbocycles. The normalized spacial score (nSPS) is 24.4. The molecule has 2 heterocycles. The van der Waals surface area contributed by atoms with Crippen molar-refractivity contribution in [1.29, 1.82) is 0 Å². The Balaban J connectivity index is 0.000000209. The smallest absolute Gasteiger partial charge is 0.236 e. The van der Waals surface area contributed by atoms with Gasteiger partial charge in [-0.05, 0) is 75.9 Å². The molecule has 2 fully saturated rings. The van der Waals surface area contributed by atoms with E-state index in [1.54, 1.807) is 88.6 Å². The number of likely N-dealkylation sites (tertiary alicyclic amines) is 1. The topological polar surface area (TPSA) is 104 Å². The zero-order chi connectivity index (χ0) is 50.4. The van der Waals surface area contributed by atoms with E-state index in [0.717, 1.165) is 5.56 Å². The predicted octanol–water partition coefficient (Wildman–Crippen LogP) is 11.0. The summed E-state index contributed by atoms with van der Waals surface area (Å²) in [7, 11) is 3.39. The number of Topliss-reactive ketones (excluding diaryl/α,β-unsaturated/α-hetero) is 4. The quantitative estimate of drug-likeness (QED) is 0.122. The van der Waals surface area contributed by atoms with Gasteiger partial charge in [-0.15, -0.1) is 0 Å². The first-order valence-electron chi connectivity index (χ1n) is 24.1. The Kier molecular flexibility index (Phi) is 16.3. The number of rotatable bonds is 12. The third-order valence-corrected chi connectivity index (χ3v) is 14.8. The summed E-state index contributed by atoms with van der Waals surface area (Å²) < 4.78 is 29.6. The maximum absolute atomic E-state index is 14.9. The fourth-order valence-corrected chi connectivity index (χ4v) is 11.1. The van der Waals surface area contributed by atoms with Crippen LogP contribution in [0.3, 0.4) is 0 Å². The van der Waals surface area contributed by atoms with Crippen molar-refractivity contribution in [3.05, 3.63) is 214 Å². The van der Waals surface area contributed by atoms with Gasteiger partial charge >= 0.3 is 0 Å². The maximum Gasteiger partial charge on any atom is 0.236 e. The molecule has 0 bridgehead atoms. The average Bonchev–Trinajstić information content (AvgIpc) is 3.37. The number of carbonyl (C=O) groups is 5. The van der Waals surface area contributed by atoms with Crippen molar-refractivity contribution in [2.75, 3.05) is 20.6 Å². The number of hydrogen-bond acceptors (Lipinski definition) is 7. The SMILES string of the molecule is Cc1c(F)cccc1C1[C@H](C(=O)c2ccccc2)[C@@H](C)N(CC(=O)N(C)C)[C@H](C)[C@H]1C(=O)c1ccccc1.Cc1c(F)cccc1C1[C@H](C(=O)c2ccccc2)[C@@H](C)N[C@H](C)[C@H]1C(=O)c1ccccc1. The first kappa shape index (κ1) is 51.1. The van der Waals surface area contributed by atoms with Crippen LogP contribution in [0.2, 0.25) is 0 Å². The molecule has 2 saturated heterocycles. The van der Waals surface area contributed by atoms with Gasteiger partial charge in [0.05, 0.1) is 6.54 Å². The van der Waals surface area contributed by atoms with E-state index in [1.165, 1.54) is 17.0 Å². The second kappa shape index (κ2) is 22.3. The van der Waals surface area contributed by atoms with Crippen molar-refractivity contribution >= 4 is 29.0 Å². The Labute approximate surface area is 411 Å². The molecule has 0 radical (unpaired) electrons. The molecular formula is C60H63F2N3O5. The summed E-state index contributed by atoms with van der Waals surface area (Å²) in [6, 6.07) is 45.1. The lowest BCUT2D eigenvalue weighted by Crippen LogP contribution is -2.61. The molecule has 1 N–H and O–H groups in total. The van der Waals surface area contributed by atoms with Gasteiger partial charge in [0.15, 0.2) is 23.1 Å². The average molecular weight is 944 g/mol. The zero-order valence-electron chi connectivity index (χ0n) is 41.2. The van der Waals surface area contributed by atoms with Crippen molar-refractivity contribution in [3.8, 4) is 0 Å². The highest BCUT2D eigenvalue weighted by molar-refractivity contribution is 6.04. The Morgan fingerprint density at radius 2 is 0.757 bits per heavy atom. The van der Waals surface area contributed by atoms with Gasteiger partial charge in [-0.3, -0.25) is 28.9 Å². The largest absolute Gasteiger partial charge is 0.348 e. The van der Waals surface area contributed by atoms with Gasteiger partial charge < -0.3 is 10.2 Å². The molecule has 6 aromatic rings. The summed E-state index contributed by atoms with van der Waals surface area (Å²) in [4.78, 5) is 72.4. The van der Waals surface area contributed by atoms with Crippen LogP contribution in [-0.2, 0) is 4.79 Å². The van der Waals surface area contributed by atoms with Crippen LogP contribution in [0.5, 0.6) is 0 Å². The molecule has 70 heavy (non-hydrogen) atoms. The van der Waals surface area contributed by atoms with E-state index in [2.05, 4.69) is 5.32 Å². The molecule has 0 unspecified atom stereocenters. The number of benzene rings is 6. The molecule has 8 nitrogen and oxygen atoms in total. The van der Waals surface area contributed by atoms with E-state index in [0.29, 0.717) is 38.9 Å². The third kappa shape index (κ3) is 10.5. The Morgan fingerprint density at radius 1 is 0.457 bits per heavy atom. The molecule has 0 spiro atoms. The zero-order valence-corrected chi connectivity index (χ0v) is 41.2. The first-order chi connectivity index (χ1) is 33.5. The number of halogens is 2. The molecule has 8 rings (SSSR count). The van der Waals surface area contributed by atoms with Crippen LogP contribution >= 0.6 is 0 Å². The van der Waals surface area contributed by atoms with Gasteiger partial charge in [0.25, 0.3) is 0 Å². The van der Waals surface area contributed by atoms with Gasteiger partial charge in [0, 0.05) is 96.0 Å². The van der Waals surface area contributed by atoms with E-state index in [1.807, 2.05) is 118 Å². The molecule has 0 aromatic heterocycles. The van der Waals surface area contributed by atoms with Crippen molar-refractivity contribution < 1.29 is 32.8 Å². The van der Waals surface area contributed by atoms with Crippen molar-refractivity contribution in [1.82, 2.24) is 15.1 Å². The molecule has 1 amide bonds. The fraction of sp³-hybridized carbons (Fsp3) is 0.317. The van der Waals surface area contributed by atoms with Crippen LogP contribution in [0.15, 0.2) is 158 Å². The minimum Gasteiger partial charge on any atom is -0.348 e. The van der Waals surface area contributed by atoms with Crippen molar-refractivity contribution in [3.63, 3.8) is 0 Å². The lowest BCUT2D eigenvalue weighted by molar-refractivity contribution is -0.132. The Hall–Kier alpha value is -6.75. The van der Waals surface area contributed by atoms with Crippen LogP contribution in [0.4, 0.5) is 8.78 Å². The highest BCUT2D eigenvalue weighted by Gasteiger charge is 2.53. The number of likely N-dealkylation sites (N-methyl/N-ethyl adjacent to an activating group) is 1. The van der Waals surface area contributed by atoms with Gasteiger partial charge in [-0.25, -0.2) is 8.78 Å². The number of carbonyl (C=O) groups excluding carboxylic acids is 5. The second-order valence-electron chi connectivity index (χ2n) is 19.2. The predicted molar refractivity (Wildman–Crippen MR) is 271 cm³/mol. The summed E-state index contributed by atoms with van der Waals surface area (Å²) in [6.45, 7) is 11.3. The summed E-state index contributed by atoms with van der Waals surface area (Å²) in [6.07, 6.45) is 0. The highest BCUT2D eigenvalue weighted by atomic mass is 19.1. The van der Waals surface area contributed by atoms with Gasteiger partial charge in [-0.1, -0.05) is 146 Å². The summed E-state index contributed by atoms with van der Waals surface area (Å²) in [5.74, 6) is -4.50. The Bertz CT molecular complexity index is 2680. The summed E-state index contributed by atoms with van der Waals surface area (Å²) in [5, 5.41) is 3.48. The van der Waals surface area contributed by atoms with E-state index in [-0.39, 0.29) is 71.4 Å². The molecule has 8 atom stereocenters. The molecule has 362 valence electrons. The molecule has 2 aliphatic rings. The van der Waals surface area contributed by atoms with Crippen LogP contribution < -0.4 is 5.32 Å². The standard InChI is InChI=1S/C32H35FN2O3.C28H28FNO2/c1-20-25(17-12-18-26(20)33)30-28(31(37)23-13-8-6-9-14-23)21(2)35(19-27(36)34(4)5)22(3)29(30)32(38)24-15-10-7-11-16-24;1-17-22(15-10-16-23(17)29)26-24(27(31)20-11-6-4-7-12-20)18(2)30-19(3)25(26)28(32)21-13-8-5-9-14-21/h6-18,21-22,28-30H,19H2,1-5H3;4-16,18-19,24-26,30H,1-3H3/t21-,22-,28-,29-;18-,19-,24-,25-/m11/s1. The molecule has 0 aliphatic carbocycles. The molecule has 0 saturated carbocycles. The van der Waals surface area contributed by atoms with E-state index in [4.69, 9.17) is 0 Å². The minimum atomic E-state index is -0.679. The molecule has 10 heteroatoms. The minimum absolute atomic E-state index is 0.0305. The van der Waals surface area contributed by atoms with Crippen LogP contribution in [-0.4, -0.2) is 83.6 Å². The lowest BCUT2D eigenvalue weighted by atomic mass is 9.62. The van der Waals surface area contributed by atoms with E-state index < -0.39 is 35.5 Å². The molecular weight excluding hydrogens is 881 g/mol. The van der Waals surface area contributed by atoms with Gasteiger partial charge in [-0.2, -0.15) is 0 Å². The summed E-state index contributed by atoms with van der Waals surface area (Å²) >= 11 is 0. The number of amides is 1. The van der Waals surface area contributed by atoms with E-state index >= 15 is 0 Å². The summed E-state index contributed by atoms with van der Waals surface area (Å²) in [5.41, 5.74) is 4.59. The Morgan fingerprint density at radius 3 is 1.07 bits per heavy atom.